The van der Waals surface area contributed by atoms with Crippen LogP contribution in [0.3, 0.4) is 0 Å². The molecular formula is C26H30Br2O4. The van der Waals surface area contributed by atoms with Gasteiger partial charge in [0.15, 0.2) is 11.6 Å². The molecule has 6 heteroatoms. The van der Waals surface area contributed by atoms with E-state index in [0.29, 0.717) is 49.2 Å². The maximum atomic E-state index is 13.5. The van der Waals surface area contributed by atoms with E-state index in [1.54, 1.807) is 0 Å². The highest BCUT2D eigenvalue weighted by atomic mass is 79.9. The van der Waals surface area contributed by atoms with Gasteiger partial charge >= 0.3 is 0 Å². The SMILES string of the molecule is CCCOc1c(Br)cc(Br)cc1C1C2=C(CC(C)(C)CC2=O)OC2=C1C(=O)CC(C)(C)C2. The van der Waals surface area contributed by atoms with E-state index < -0.39 is 5.92 Å². The molecule has 0 atom stereocenters. The molecule has 0 unspecified atom stereocenters. The zero-order valence-electron chi connectivity index (χ0n) is 19.4. The van der Waals surface area contributed by atoms with E-state index in [-0.39, 0.29) is 22.4 Å². The van der Waals surface area contributed by atoms with Gasteiger partial charge in [-0.1, -0.05) is 50.5 Å². The minimum Gasteiger partial charge on any atom is -0.492 e. The van der Waals surface area contributed by atoms with Crippen LogP contribution in [0, 0.1) is 10.8 Å². The molecule has 0 radical (unpaired) electrons. The standard InChI is InChI=1S/C26H30Br2O4/c1-6-7-31-24-15(8-14(27)9-16(24)28)21-22-17(29)10-25(2,3)12-19(22)32-20-13-26(4,5)11-18(30)23(20)21/h8-9,21H,6-7,10-13H2,1-5H3. The molecule has 0 aromatic heterocycles. The smallest absolute Gasteiger partial charge is 0.163 e. The number of rotatable bonds is 4. The Kier molecular flexibility index (Phi) is 6.25. The maximum absolute atomic E-state index is 13.5. The number of allylic oxidation sites excluding steroid dienone is 4. The number of carbonyl (C=O) groups excluding carboxylic acids is 2. The predicted octanol–water partition coefficient (Wildman–Crippen LogP) is 7.40. The van der Waals surface area contributed by atoms with Crippen molar-refractivity contribution in [1.29, 1.82) is 0 Å². The van der Waals surface area contributed by atoms with Crippen LogP contribution in [-0.4, -0.2) is 18.2 Å². The molecule has 1 aromatic carbocycles. The quantitative estimate of drug-likeness (QED) is 0.381. The molecular weight excluding hydrogens is 536 g/mol. The molecule has 3 aliphatic rings. The van der Waals surface area contributed by atoms with Crippen LogP contribution in [0.4, 0.5) is 0 Å². The van der Waals surface area contributed by atoms with Gasteiger partial charge in [0.1, 0.15) is 17.3 Å². The first-order chi connectivity index (χ1) is 14.9. The molecule has 4 nitrogen and oxygen atoms in total. The van der Waals surface area contributed by atoms with E-state index in [1.165, 1.54) is 0 Å². The van der Waals surface area contributed by atoms with Gasteiger partial charge in [-0.3, -0.25) is 9.59 Å². The fourth-order valence-electron chi connectivity index (χ4n) is 5.14. The van der Waals surface area contributed by atoms with Crippen LogP contribution in [0.2, 0.25) is 0 Å². The van der Waals surface area contributed by atoms with E-state index in [9.17, 15) is 9.59 Å². The highest BCUT2D eigenvalue weighted by molar-refractivity contribution is 9.11. The lowest BCUT2D eigenvalue weighted by Gasteiger charge is -2.43. The first-order valence-corrected chi connectivity index (χ1v) is 12.8. The third kappa shape index (κ3) is 4.37. The van der Waals surface area contributed by atoms with Gasteiger partial charge in [-0.25, -0.2) is 0 Å². The van der Waals surface area contributed by atoms with Crippen molar-refractivity contribution in [3.05, 3.63) is 49.3 Å². The van der Waals surface area contributed by atoms with Crippen LogP contribution >= 0.6 is 31.9 Å². The number of hydrogen-bond donors (Lipinski definition) is 0. The Balaban J connectivity index is 1.97. The van der Waals surface area contributed by atoms with E-state index in [0.717, 1.165) is 32.4 Å². The lowest BCUT2D eigenvalue weighted by molar-refractivity contribution is -0.120. The summed E-state index contributed by atoms with van der Waals surface area (Å²) in [6.45, 7) is 11.0. The van der Waals surface area contributed by atoms with Crippen LogP contribution in [0.15, 0.2) is 43.7 Å². The fourth-order valence-corrected chi connectivity index (χ4v) is 6.51. The second-order valence-electron chi connectivity index (χ2n) is 10.7. The molecule has 1 aromatic rings. The average molecular weight is 566 g/mol. The Morgan fingerprint density at radius 3 is 1.97 bits per heavy atom. The van der Waals surface area contributed by atoms with Gasteiger partial charge in [0, 0.05) is 46.9 Å². The Labute approximate surface area is 207 Å². The van der Waals surface area contributed by atoms with Crippen LogP contribution in [0.25, 0.3) is 0 Å². The normalized spacial score (nSPS) is 22.5. The minimum absolute atomic E-state index is 0.0583. The van der Waals surface area contributed by atoms with E-state index >= 15 is 0 Å². The number of ether oxygens (including phenoxy) is 2. The van der Waals surface area contributed by atoms with Gasteiger partial charge in [0.05, 0.1) is 17.0 Å². The zero-order chi connectivity index (χ0) is 23.4. The summed E-state index contributed by atoms with van der Waals surface area (Å²) in [6, 6.07) is 3.93. The molecule has 4 rings (SSSR count). The van der Waals surface area contributed by atoms with Crippen LogP contribution in [0.1, 0.15) is 78.2 Å². The van der Waals surface area contributed by atoms with Crippen molar-refractivity contribution in [2.75, 3.05) is 6.61 Å². The summed E-state index contributed by atoms with van der Waals surface area (Å²) in [4.78, 5) is 27.0. The molecule has 0 fully saturated rings. The molecule has 1 aliphatic heterocycles. The monoisotopic (exact) mass is 564 g/mol. The first-order valence-electron chi connectivity index (χ1n) is 11.2. The lowest BCUT2D eigenvalue weighted by Crippen LogP contribution is -2.37. The minimum atomic E-state index is -0.471. The third-order valence-electron chi connectivity index (χ3n) is 6.38. The molecule has 0 spiro atoms. The van der Waals surface area contributed by atoms with Crippen molar-refractivity contribution in [2.24, 2.45) is 10.8 Å². The number of benzene rings is 1. The summed E-state index contributed by atoms with van der Waals surface area (Å²) in [6.07, 6.45) is 3.09. The van der Waals surface area contributed by atoms with Gasteiger partial charge in [-0.15, -0.1) is 0 Å². The summed E-state index contributed by atoms with van der Waals surface area (Å²) in [5, 5.41) is 0. The highest BCUT2D eigenvalue weighted by Gasteiger charge is 2.48. The van der Waals surface area contributed by atoms with Crippen molar-refractivity contribution in [3.8, 4) is 5.75 Å². The zero-order valence-corrected chi connectivity index (χ0v) is 22.5. The van der Waals surface area contributed by atoms with Crippen molar-refractivity contribution in [2.45, 2.75) is 72.6 Å². The van der Waals surface area contributed by atoms with Gasteiger partial charge in [-0.05, 0) is 45.3 Å². The molecule has 0 saturated carbocycles. The third-order valence-corrected chi connectivity index (χ3v) is 7.43. The Morgan fingerprint density at radius 2 is 1.47 bits per heavy atom. The van der Waals surface area contributed by atoms with Gasteiger partial charge < -0.3 is 9.47 Å². The van der Waals surface area contributed by atoms with Crippen LogP contribution in [-0.2, 0) is 14.3 Å². The second kappa shape index (κ2) is 8.43. The van der Waals surface area contributed by atoms with Crippen LogP contribution < -0.4 is 4.74 Å². The molecule has 0 saturated heterocycles. The van der Waals surface area contributed by atoms with Gasteiger partial charge in [0.25, 0.3) is 0 Å². The number of hydrogen-bond acceptors (Lipinski definition) is 4. The number of carbonyl (C=O) groups is 2. The Morgan fingerprint density at radius 1 is 0.938 bits per heavy atom. The van der Waals surface area contributed by atoms with Crippen molar-refractivity contribution < 1.29 is 19.1 Å². The summed E-state index contributed by atoms with van der Waals surface area (Å²) in [7, 11) is 0. The molecule has 0 N–H and O–H groups in total. The molecule has 0 bridgehead atoms. The predicted molar refractivity (Wildman–Crippen MR) is 132 cm³/mol. The largest absolute Gasteiger partial charge is 0.492 e. The van der Waals surface area contributed by atoms with Gasteiger partial charge in [0.2, 0.25) is 0 Å². The van der Waals surface area contributed by atoms with Crippen LogP contribution in [0.5, 0.6) is 5.75 Å². The Bertz CT molecular complexity index is 1010. The maximum Gasteiger partial charge on any atom is 0.163 e. The molecule has 1 heterocycles. The van der Waals surface area contributed by atoms with E-state index in [4.69, 9.17) is 9.47 Å². The van der Waals surface area contributed by atoms with E-state index in [1.807, 2.05) is 12.1 Å². The average Bonchev–Trinajstić information content (AvgIpc) is 2.63. The lowest BCUT2D eigenvalue weighted by atomic mass is 9.65. The topological polar surface area (TPSA) is 52.6 Å². The van der Waals surface area contributed by atoms with Crippen molar-refractivity contribution in [3.63, 3.8) is 0 Å². The second-order valence-corrected chi connectivity index (χ2v) is 12.5. The summed E-state index contributed by atoms with van der Waals surface area (Å²) in [5.41, 5.74) is 1.74. The Hall–Kier alpha value is -1.40. The summed E-state index contributed by atoms with van der Waals surface area (Å²) >= 11 is 7.25. The fraction of sp³-hybridized carbons (Fsp3) is 0.538. The molecule has 32 heavy (non-hydrogen) atoms. The van der Waals surface area contributed by atoms with Gasteiger partial charge in [-0.2, -0.15) is 0 Å². The number of ketones is 2. The molecule has 172 valence electrons. The highest BCUT2D eigenvalue weighted by Crippen LogP contribution is 2.55. The number of halogens is 2. The molecule has 0 amide bonds. The summed E-state index contributed by atoms with van der Waals surface area (Å²) < 4.78 is 14.2. The van der Waals surface area contributed by atoms with E-state index in [2.05, 4.69) is 66.5 Å². The van der Waals surface area contributed by atoms with Crippen molar-refractivity contribution in [1.82, 2.24) is 0 Å². The molecule has 2 aliphatic carbocycles. The first kappa shape index (κ1) is 23.7. The number of Topliss-reactive ketones (excluding diaryl/α,β-unsaturated/α-hetero) is 2. The van der Waals surface area contributed by atoms with Crippen molar-refractivity contribution >= 4 is 43.4 Å². The summed E-state index contributed by atoms with van der Waals surface area (Å²) in [5.74, 6) is 1.78.